The van der Waals surface area contributed by atoms with E-state index in [1.165, 1.54) is 0 Å². The summed E-state index contributed by atoms with van der Waals surface area (Å²) in [5.74, 6) is -0.200. The van der Waals surface area contributed by atoms with Crippen LogP contribution in [0.15, 0.2) is 24.3 Å². The quantitative estimate of drug-likeness (QED) is 0.581. The molecule has 0 aliphatic carbocycles. The summed E-state index contributed by atoms with van der Waals surface area (Å²) in [6.07, 6.45) is -3.32. The maximum absolute atomic E-state index is 11.8. The molecule has 0 spiro atoms. The van der Waals surface area contributed by atoms with E-state index in [0.717, 1.165) is 5.56 Å². The normalized spacial score (nSPS) is 26.8. The maximum Gasteiger partial charge on any atom is 0.222 e. The number of benzene rings is 1. The Kier molecular flexibility index (Phi) is 7.01. The first-order valence-electron chi connectivity index (χ1n) is 8.13. The number of carbonyl (C=O) groups is 1. The van der Waals surface area contributed by atoms with Crippen molar-refractivity contribution in [1.29, 1.82) is 0 Å². The minimum absolute atomic E-state index is 0.0242. The minimum atomic E-state index is -1.07. The highest BCUT2D eigenvalue weighted by Gasteiger charge is 2.43. The fourth-order valence-corrected chi connectivity index (χ4v) is 2.95. The van der Waals surface area contributed by atoms with Gasteiger partial charge >= 0.3 is 0 Å². The molecule has 1 amide bonds. The van der Waals surface area contributed by atoms with Crippen LogP contribution in [0.5, 0.6) is 0 Å². The summed E-state index contributed by atoms with van der Waals surface area (Å²) in [5.41, 5.74) is 1.02. The topological polar surface area (TPSA) is 90.8 Å². The van der Waals surface area contributed by atoms with Gasteiger partial charge in [-0.15, -0.1) is 0 Å². The van der Waals surface area contributed by atoms with E-state index >= 15 is 0 Å². The molecule has 1 fully saturated rings. The van der Waals surface area contributed by atoms with E-state index in [1.807, 2.05) is 32.0 Å². The number of hydrogen-bond donors (Lipinski definition) is 4. The Morgan fingerprint density at radius 3 is 2.67 bits per heavy atom. The van der Waals surface area contributed by atoms with Crippen LogP contribution in [0.3, 0.4) is 0 Å². The SMILES string of the molecule is CC(C)NC(=O)C[C@@H]1O[C@H](CNCc2cccc(Cl)c2)[C@@H](O)[C@H]1O. The molecule has 0 unspecified atom stereocenters. The Morgan fingerprint density at radius 2 is 2.00 bits per heavy atom. The predicted molar refractivity (Wildman–Crippen MR) is 91.7 cm³/mol. The lowest BCUT2D eigenvalue weighted by molar-refractivity contribution is -0.125. The van der Waals surface area contributed by atoms with Crippen molar-refractivity contribution in [2.24, 2.45) is 0 Å². The number of ether oxygens (including phenoxy) is 1. The second kappa shape index (κ2) is 8.78. The maximum atomic E-state index is 11.8. The molecule has 2 rings (SSSR count). The number of halogens is 1. The van der Waals surface area contributed by atoms with Gasteiger partial charge in [0.2, 0.25) is 5.91 Å². The van der Waals surface area contributed by atoms with Gasteiger partial charge < -0.3 is 25.6 Å². The van der Waals surface area contributed by atoms with Gasteiger partial charge in [-0.1, -0.05) is 23.7 Å². The zero-order valence-corrected chi connectivity index (χ0v) is 14.7. The number of aliphatic hydroxyl groups excluding tert-OH is 2. The highest BCUT2D eigenvalue weighted by atomic mass is 35.5. The molecule has 0 bridgehead atoms. The van der Waals surface area contributed by atoms with Gasteiger partial charge in [-0.05, 0) is 31.5 Å². The summed E-state index contributed by atoms with van der Waals surface area (Å²) in [5, 5.41) is 26.7. The third kappa shape index (κ3) is 5.43. The number of hydrogen-bond acceptors (Lipinski definition) is 5. The van der Waals surface area contributed by atoms with Crippen molar-refractivity contribution < 1.29 is 19.7 Å². The number of rotatable bonds is 7. The van der Waals surface area contributed by atoms with Gasteiger partial charge in [0.15, 0.2) is 0 Å². The van der Waals surface area contributed by atoms with Crippen LogP contribution in [0.25, 0.3) is 0 Å². The van der Waals surface area contributed by atoms with Crippen LogP contribution in [0.4, 0.5) is 0 Å². The lowest BCUT2D eigenvalue weighted by Gasteiger charge is -2.16. The van der Waals surface area contributed by atoms with E-state index in [2.05, 4.69) is 10.6 Å². The van der Waals surface area contributed by atoms with Gasteiger partial charge in [0.1, 0.15) is 12.2 Å². The van der Waals surface area contributed by atoms with E-state index in [1.54, 1.807) is 6.07 Å². The van der Waals surface area contributed by atoms with Crippen molar-refractivity contribution in [3.05, 3.63) is 34.9 Å². The molecule has 1 aliphatic heterocycles. The lowest BCUT2D eigenvalue weighted by Crippen LogP contribution is -2.38. The molecule has 4 N–H and O–H groups in total. The number of nitrogens with one attached hydrogen (secondary N) is 2. The standard InChI is InChI=1S/C17H25ClN2O4/c1-10(2)20-15(21)7-13-16(22)17(23)14(24-13)9-19-8-11-4-3-5-12(18)6-11/h3-6,10,13-14,16-17,19,22-23H,7-9H2,1-2H3,(H,20,21)/t13-,14+,16-,17+/m0/s1. The van der Waals surface area contributed by atoms with Gasteiger partial charge in [-0.3, -0.25) is 4.79 Å². The minimum Gasteiger partial charge on any atom is -0.388 e. The Bertz CT molecular complexity index is 555. The van der Waals surface area contributed by atoms with Gasteiger partial charge in [0.05, 0.1) is 18.6 Å². The molecule has 0 radical (unpaired) electrons. The average molecular weight is 357 g/mol. The van der Waals surface area contributed by atoms with Crippen molar-refractivity contribution in [3.8, 4) is 0 Å². The van der Waals surface area contributed by atoms with Crippen molar-refractivity contribution in [3.63, 3.8) is 0 Å². The highest BCUT2D eigenvalue weighted by molar-refractivity contribution is 6.30. The first-order valence-corrected chi connectivity index (χ1v) is 8.50. The van der Waals surface area contributed by atoms with Crippen molar-refractivity contribution in [2.75, 3.05) is 6.54 Å². The Morgan fingerprint density at radius 1 is 1.29 bits per heavy atom. The molecule has 1 aromatic rings. The smallest absolute Gasteiger partial charge is 0.222 e. The van der Waals surface area contributed by atoms with Crippen LogP contribution < -0.4 is 10.6 Å². The van der Waals surface area contributed by atoms with E-state index in [9.17, 15) is 15.0 Å². The molecular formula is C17H25ClN2O4. The number of amides is 1. The van der Waals surface area contributed by atoms with Gasteiger partial charge in [-0.2, -0.15) is 0 Å². The molecule has 24 heavy (non-hydrogen) atoms. The molecule has 1 aromatic carbocycles. The third-order valence-electron chi connectivity index (χ3n) is 3.86. The van der Waals surface area contributed by atoms with Crippen LogP contribution in [0.1, 0.15) is 25.8 Å². The molecule has 1 saturated heterocycles. The summed E-state index contributed by atoms with van der Waals surface area (Å²) < 4.78 is 5.65. The number of aliphatic hydroxyl groups is 2. The van der Waals surface area contributed by atoms with Crippen LogP contribution in [0, 0.1) is 0 Å². The molecule has 1 aliphatic rings. The first-order chi connectivity index (χ1) is 11.4. The molecule has 0 aromatic heterocycles. The summed E-state index contributed by atoms with van der Waals surface area (Å²) in [7, 11) is 0. The van der Waals surface area contributed by atoms with Crippen LogP contribution in [-0.2, 0) is 16.1 Å². The van der Waals surface area contributed by atoms with Crippen molar-refractivity contribution in [2.45, 2.75) is 57.3 Å². The first kappa shape index (κ1) is 19.1. The van der Waals surface area contributed by atoms with E-state index in [-0.39, 0.29) is 18.4 Å². The lowest BCUT2D eigenvalue weighted by atomic mass is 10.1. The molecule has 7 heteroatoms. The molecular weight excluding hydrogens is 332 g/mol. The highest BCUT2D eigenvalue weighted by Crippen LogP contribution is 2.23. The Hall–Kier alpha value is -1.18. The zero-order valence-electron chi connectivity index (χ0n) is 13.9. The fourth-order valence-electron chi connectivity index (χ4n) is 2.73. The van der Waals surface area contributed by atoms with E-state index in [4.69, 9.17) is 16.3 Å². The zero-order chi connectivity index (χ0) is 17.7. The molecule has 1 heterocycles. The second-order valence-corrected chi connectivity index (χ2v) is 6.82. The van der Waals surface area contributed by atoms with Gasteiger partial charge in [0, 0.05) is 24.2 Å². The fraction of sp³-hybridized carbons (Fsp3) is 0.588. The van der Waals surface area contributed by atoms with Crippen LogP contribution in [0.2, 0.25) is 5.02 Å². The molecule has 134 valence electrons. The molecule has 0 saturated carbocycles. The monoisotopic (exact) mass is 356 g/mol. The van der Waals surface area contributed by atoms with Crippen LogP contribution >= 0.6 is 11.6 Å². The largest absolute Gasteiger partial charge is 0.388 e. The van der Waals surface area contributed by atoms with Crippen LogP contribution in [-0.4, -0.2) is 53.1 Å². The van der Waals surface area contributed by atoms with Crippen molar-refractivity contribution in [1.82, 2.24) is 10.6 Å². The third-order valence-corrected chi connectivity index (χ3v) is 4.10. The van der Waals surface area contributed by atoms with E-state index in [0.29, 0.717) is 18.1 Å². The van der Waals surface area contributed by atoms with E-state index < -0.39 is 24.4 Å². The Balaban J connectivity index is 1.80. The Labute approximate surface area is 147 Å². The molecule has 6 nitrogen and oxygen atoms in total. The average Bonchev–Trinajstić information content (AvgIpc) is 2.75. The number of carbonyl (C=O) groups excluding carboxylic acids is 1. The summed E-state index contributed by atoms with van der Waals surface area (Å²) in [4.78, 5) is 11.8. The predicted octanol–water partition coefficient (Wildman–Crippen LogP) is 0.833. The summed E-state index contributed by atoms with van der Waals surface area (Å²) >= 11 is 5.93. The summed E-state index contributed by atoms with van der Waals surface area (Å²) in [6, 6.07) is 7.49. The second-order valence-electron chi connectivity index (χ2n) is 6.38. The van der Waals surface area contributed by atoms with Gasteiger partial charge in [-0.25, -0.2) is 0 Å². The summed E-state index contributed by atoms with van der Waals surface area (Å²) in [6.45, 7) is 4.66. The van der Waals surface area contributed by atoms with Crippen molar-refractivity contribution >= 4 is 17.5 Å². The molecule has 4 atom stereocenters. The van der Waals surface area contributed by atoms with Gasteiger partial charge in [0.25, 0.3) is 0 Å².